The Bertz CT molecular complexity index is 847. The first-order chi connectivity index (χ1) is 12.4. The SMILES string of the molecule is CCC=CCCOc1ccc2c(OC(C)=O)c(OC(C)C)c(=O)oc2c1. The average molecular weight is 360 g/mol. The number of allylic oxidation sites excluding steroid dienone is 1. The molecule has 0 aliphatic carbocycles. The van der Waals surface area contributed by atoms with Gasteiger partial charge >= 0.3 is 11.6 Å². The van der Waals surface area contributed by atoms with Crippen LogP contribution >= 0.6 is 0 Å². The summed E-state index contributed by atoms with van der Waals surface area (Å²) in [6.45, 7) is 7.38. The highest BCUT2D eigenvalue weighted by Crippen LogP contribution is 2.35. The van der Waals surface area contributed by atoms with Crippen LogP contribution in [0.1, 0.15) is 40.5 Å². The standard InChI is InChI=1S/C20H24O6/c1-5-6-7-8-11-23-15-9-10-16-17(12-15)26-20(22)19(24-13(2)3)18(16)25-14(4)21/h6-7,9-10,12-13H,5,8,11H2,1-4H3. The van der Waals surface area contributed by atoms with E-state index in [-0.39, 0.29) is 23.2 Å². The molecule has 2 rings (SSSR count). The largest absolute Gasteiger partial charge is 0.493 e. The van der Waals surface area contributed by atoms with Crippen LogP contribution < -0.4 is 19.8 Å². The summed E-state index contributed by atoms with van der Waals surface area (Å²) in [5.74, 6) is -0.0265. The lowest BCUT2D eigenvalue weighted by Gasteiger charge is -2.14. The van der Waals surface area contributed by atoms with Crippen molar-refractivity contribution in [3.8, 4) is 17.2 Å². The summed E-state index contributed by atoms with van der Waals surface area (Å²) in [6.07, 6.45) is 5.62. The molecule has 0 aliphatic rings. The fourth-order valence-electron chi connectivity index (χ4n) is 2.34. The zero-order valence-electron chi connectivity index (χ0n) is 15.5. The van der Waals surface area contributed by atoms with E-state index in [1.807, 2.05) is 0 Å². The van der Waals surface area contributed by atoms with E-state index in [1.54, 1.807) is 32.0 Å². The molecule has 0 aliphatic heterocycles. The molecule has 1 aromatic carbocycles. The third-order valence-electron chi connectivity index (χ3n) is 3.35. The van der Waals surface area contributed by atoms with Crippen LogP contribution in [-0.2, 0) is 4.79 Å². The molecule has 0 atom stereocenters. The molecule has 1 heterocycles. The van der Waals surface area contributed by atoms with Crippen molar-refractivity contribution in [3.63, 3.8) is 0 Å². The van der Waals surface area contributed by atoms with E-state index in [1.165, 1.54) is 6.92 Å². The summed E-state index contributed by atoms with van der Waals surface area (Å²) < 4.78 is 21.7. The molecule has 1 aromatic heterocycles. The number of esters is 1. The average Bonchev–Trinajstić information content (AvgIpc) is 2.57. The van der Waals surface area contributed by atoms with Crippen LogP contribution in [0.25, 0.3) is 11.0 Å². The van der Waals surface area contributed by atoms with E-state index >= 15 is 0 Å². The molecule has 0 saturated heterocycles. The summed E-state index contributed by atoms with van der Waals surface area (Å²) >= 11 is 0. The van der Waals surface area contributed by atoms with Gasteiger partial charge in [0.1, 0.15) is 11.3 Å². The lowest BCUT2D eigenvalue weighted by atomic mass is 10.2. The topological polar surface area (TPSA) is 75.0 Å². The molecular weight excluding hydrogens is 336 g/mol. The van der Waals surface area contributed by atoms with Crippen LogP contribution in [0, 0.1) is 0 Å². The highest BCUT2D eigenvalue weighted by Gasteiger charge is 2.20. The number of hydrogen-bond donors (Lipinski definition) is 0. The molecule has 140 valence electrons. The van der Waals surface area contributed by atoms with Gasteiger partial charge < -0.3 is 18.6 Å². The lowest BCUT2D eigenvalue weighted by Crippen LogP contribution is -2.16. The summed E-state index contributed by atoms with van der Waals surface area (Å²) in [5, 5.41) is 0.466. The second-order valence-corrected chi connectivity index (χ2v) is 5.98. The highest BCUT2D eigenvalue weighted by molar-refractivity contribution is 5.89. The quantitative estimate of drug-likeness (QED) is 0.303. The van der Waals surface area contributed by atoms with Crippen molar-refractivity contribution in [2.75, 3.05) is 6.61 Å². The van der Waals surface area contributed by atoms with Crippen molar-refractivity contribution < 1.29 is 23.4 Å². The molecule has 0 unspecified atom stereocenters. The maximum atomic E-state index is 12.3. The van der Waals surface area contributed by atoms with E-state index in [2.05, 4.69) is 19.1 Å². The van der Waals surface area contributed by atoms with Crippen molar-refractivity contribution in [2.45, 2.75) is 46.6 Å². The monoisotopic (exact) mass is 360 g/mol. The molecule has 6 nitrogen and oxygen atoms in total. The first kappa shape index (κ1) is 19.6. The van der Waals surface area contributed by atoms with Crippen LogP contribution in [-0.4, -0.2) is 18.7 Å². The van der Waals surface area contributed by atoms with Crippen LogP contribution in [0.5, 0.6) is 17.2 Å². The number of rotatable bonds is 8. The van der Waals surface area contributed by atoms with Gasteiger partial charge in [0.15, 0.2) is 5.75 Å². The number of carbonyl (C=O) groups excluding carboxylic acids is 1. The minimum absolute atomic E-state index is 0.0647. The van der Waals surface area contributed by atoms with Gasteiger partial charge in [-0.25, -0.2) is 4.79 Å². The molecule has 2 aromatic rings. The maximum Gasteiger partial charge on any atom is 0.383 e. The maximum absolute atomic E-state index is 12.3. The third kappa shape index (κ3) is 5.12. The van der Waals surface area contributed by atoms with Gasteiger partial charge in [-0.05, 0) is 38.8 Å². The Morgan fingerprint density at radius 3 is 2.65 bits per heavy atom. The normalized spacial score (nSPS) is 11.3. The predicted octanol–water partition coefficient (Wildman–Crippen LogP) is 4.24. The summed E-state index contributed by atoms with van der Waals surface area (Å²) in [4.78, 5) is 23.7. The second kappa shape index (κ2) is 9.08. The summed E-state index contributed by atoms with van der Waals surface area (Å²) in [5.41, 5.74) is -0.436. The molecule has 0 spiro atoms. The van der Waals surface area contributed by atoms with Gasteiger partial charge in [0.2, 0.25) is 5.75 Å². The third-order valence-corrected chi connectivity index (χ3v) is 3.35. The fraction of sp³-hybridized carbons (Fsp3) is 0.400. The van der Waals surface area contributed by atoms with Gasteiger partial charge in [-0.2, -0.15) is 0 Å². The van der Waals surface area contributed by atoms with Gasteiger partial charge in [-0.3, -0.25) is 4.79 Å². The van der Waals surface area contributed by atoms with Crippen molar-refractivity contribution >= 4 is 16.9 Å². The van der Waals surface area contributed by atoms with Gasteiger partial charge in [-0.15, -0.1) is 0 Å². The first-order valence-corrected chi connectivity index (χ1v) is 8.66. The van der Waals surface area contributed by atoms with E-state index in [0.717, 1.165) is 12.8 Å². The van der Waals surface area contributed by atoms with E-state index in [9.17, 15) is 9.59 Å². The first-order valence-electron chi connectivity index (χ1n) is 8.66. The Morgan fingerprint density at radius 2 is 2.00 bits per heavy atom. The minimum atomic E-state index is -0.703. The zero-order valence-corrected chi connectivity index (χ0v) is 15.5. The lowest BCUT2D eigenvalue weighted by molar-refractivity contribution is -0.131. The summed E-state index contributed by atoms with van der Waals surface area (Å²) in [6, 6.07) is 5.02. The van der Waals surface area contributed by atoms with E-state index in [0.29, 0.717) is 17.7 Å². The molecule has 0 bridgehead atoms. The molecule has 6 heteroatoms. The molecule has 0 fully saturated rings. The molecule has 26 heavy (non-hydrogen) atoms. The number of ether oxygens (including phenoxy) is 3. The zero-order chi connectivity index (χ0) is 19.1. The Labute approximate surface area is 152 Å². The van der Waals surface area contributed by atoms with Crippen molar-refractivity contribution in [3.05, 3.63) is 40.8 Å². The Kier molecular flexibility index (Phi) is 6.83. The fourth-order valence-corrected chi connectivity index (χ4v) is 2.34. The Morgan fingerprint density at radius 1 is 1.23 bits per heavy atom. The van der Waals surface area contributed by atoms with Crippen LogP contribution in [0.15, 0.2) is 39.6 Å². The van der Waals surface area contributed by atoms with Gasteiger partial charge in [0.05, 0.1) is 18.1 Å². The minimum Gasteiger partial charge on any atom is -0.493 e. The highest BCUT2D eigenvalue weighted by atomic mass is 16.6. The van der Waals surface area contributed by atoms with Crippen LogP contribution in [0.3, 0.4) is 0 Å². The van der Waals surface area contributed by atoms with Crippen LogP contribution in [0.4, 0.5) is 0 Å². The Hall–Kier alpha value is -2.76. The molecular formula is C20H24O6. The molecule has 0 amide bonds. The number of carbonyl (C=O) groups is 1. The van der Waals surface area contributed by atoms with Crippen molar-refractivity contribution in [2.24, 2.45) is 0 Å². The second-order valence-electron chi connectivity index (χ2n) is 5.98. The van der Waals surface area contributed by atoms with E-state index in [4.69, 9.17) is 18.6 Å². The van der Waals surface area contributed by atoms with Crippen LogP contribution in [0.2, 0.25) is 0 Å². The number of fused-ring (bicyclic) bond motifs is 1. The van der Waals surface area contributed by atoms with Gasteiger partial charge in [-0.1, -0.05) is 19.1 Å². The van der Waals surface area contributed by atoms with Crippen molar-refractivity contribution in [1.82, 2.24) is 0 Å². The molecule has 0 saturated carbocycles. The number of hydrogen-bond acceptors (Lipinski definition) is 6. The smallest absolute Gasteiger partial charge is 0.383 e. The Balaban J connectivity index is 2.38. The predicted molar refractivity (Wildman–Crippen MR) is 99.1 cm³/mol. The van der Waals surface area contributed by atoms with Crippen molar-refractivity contribution in [1.29, 1.82) is 0 Å². The summed E-state index contributed by atoms with van der Waals surface area (Å²) in [7, 11) is 0. The number of benzene rings is 1. The molecule has 0 N–H and O–H groups in total. The molecule has 0 radical (unpaired) electrons. The van der Waals surface area contributed by atoms with Gasteiger partial charge in [0, 0.05) is 13.0 Å². The van der Waals surface area contributed by atoms with E-state index < -0.39 is 11.6 Å². The van der Waals surface area contributed by atoms with Gasteiger partial charge in [0.25, 0.3) is 0 Å².